The van der Waals surface area contributed by atoms with Gasteiger partial charge >= 0.3 is 12.0 Å². The zero-order valence-electron chi connectivity index (χ0n) is 10.3. The number of hydrogen-bond donors (Lipinski definition) is 2. The van der Waals surface area contributed by atoms with E-state index >= 15 is 0 Å². The maximum Gasteiger partial charge on any atom is 0.359 e. The van der Waals surface area contributed by atoms with Gasteiger partial charge in [0.25, 0.3) is 0 Å². The van der Waals surface area contributed by atoms with Gasteiger partial charge in [0, 0.05) is 0 Å². The number of amides is 2. The molecule has 0 aliphatic rings. The average molecular weight is 332 g/mol. The normalized spacial score (nSPS) is 10.1. The fourth-order valence-corrected chi connectivity index (χ4v) is 2.90. The molecule has 2 amide bonds. The van der Waals surface area contributed by atoms with Gasteiger partial charge in [-0.3, -0.25) is 10.6 Å². The molecule has 2 heterocycles. The molecule has 2 N–H and O–H groups in total. The fourth-order valence-electron chi connectivity index (χ4n) is 1.27. The van der Waals surface area contributed by atoms with E-state index in [-0.39, 0.29) is 21.8 Å². The number of nitrogens with zero attached hydrogens (tertiary/aromatic N) is 1. The summed E-state index contributed by atoms with van der Waals surface area (Å²) in [6.07, 6.45) is 0. The molecule has 0 radical (unpaired) electrons. The number of halogens is 1. The lowest BCUT2D eigenvalue weighted by molar-refractivity contribution is 0.0520. The first-order chi connectivity index (χ1) is 9.60. The first kappa shape index (κ1) is 14.8. The highest BCUT2D eigenvalue weighted by Crippen LogP contribution is 2.28. The third-order valence-electron chi connectivity index (χ3n) is 2.03. The summed E-state index contributed by atoms with van der Waals surface area (Å²) in [7, 11) is 0. The number of nitrogens with one attached hydrogen (secondary N) is 2. The number of ether oxygens (including phenoxy) is 1. The number of thiophene rings is 1. The van der Waals surface area contributed by atoms with Crippen molar-refractivity contribution in [3.8, 4) is 0 Å². The van der Waals surface area contributed by atoms with Crippen LogP contribution in [0.4, 0.5) is 14.9 Å². The van der Waals surface area contributed by atoms with E-state index in [0.29, 0.717) is 5.00 Å². The van der Waals surface area contributed by atoms with E-state index in [9.17, 15) is 9.59 Å². The molecule has 0 aliphatic carbocycles. The van der Waals surface area contributed by atoms with Gasteiger partial charge in [0.15, 0.2) is 10.8 Å². The van der Waals surface area contributed by atoms with Crippen molar-refractivity contribution in [2.45, 2.75) is 6.92 Å². The van der Waals surface area contributed by atoms with Crippen molar-refractivity contribution >= 4 is 56.4 Å². The third kappa shape index (κ3) is 3.69. The minimum Gasteiger partial charge on any atom is -0.461 e. The standard InChI is InChI=1S/C11H10ClN3O3S2/c1-2-18-9(16)7-8(12)20-11(14-7)15-10(17)13-6-4-3-5-19-6/h3-5H,2H2,1H3,(H2,13,14,15,17). The average Bonchev–Trinajstić information content (AvgIpc) is 2.99. The molecule has 0 saturated heterocycles. The minimum atomic E-state index is -0.611. The third-order valence-corrected chi connectivity index (χ3v) is 3.99. The van der Waals surface area contributed by atoms with Gasteiger partial charge in [0.1, 0.15) is 4.34 Å². The fraction of sp³-hybridized carbons (Fsp3) is 0.182. The summed E-state index contributed by atoms with van der Waals surface area (Å²) in [6.45, 7) is 1.92. The minimum absolute atomic E-state index is 0.00457. The molecule has 2 aromatic heterocycles. The lowest BCUT2D eigenvalue weighted by Crippen LogP contribution is -2.18. The molecule has 0 aliphatic heterocycles. The van der Waals surface area contributed by atoms with E-state index in [0.717, 1.165) is 11.3 Å². The Morgan fingerprint density at radius 3 is 2.90 bits per heavy atom. The Kier molecular flexibility index (Phi) is 4.94. The number of carbonyl (C=O) groups excluding carboxylic acids is 2. The second-order valence-corrected chi connectivity index (χ2v) is 5.97. The van der Waals surface area contributed by atoms with Gasteiger partial charge in [0.2, 0.25) is 0 Å². The predicted octanol–water partition coefficient (Wildman–Crippen LogP) is 3.68. The summed E-state index contributed by atoms with van der Waals surface area (Å²) >= 11 is 8.27. The molecule has 0 unspecified atom stereocenters. The molecule has 0 atom stereocenters. The first-order valence-corrected chi connectivity index (χ1v) is 7.62. The number of rotatable bonds is 4. The number of urea groups is 1. The molecule has 0 aromatic carbocycles. The second kappa shape index (κ2) is 6.69. The van der Waals surface area contributed by atoms with E-state index in [4.69, 9.17) is 16.3 Å². The quantitative estimate of drug-likeness (QED) is 0.837. The molecule has 0 bridgehead atoms. The Balaban J connectivity index is 2.01. The van der Waals surface area contributed by atoms with Gasteiger partial charge in [-0.1, -0.05) is 22.9 Å². The van der Waals surface area contributed by atoms with Gasteiger partial charge < -0.3 is 4.74 Å². The molecule has 2 rings (SSSR count). The number of thiazole rings is 1. The van der Waals surface area contributed by atoms with E-state index < -0.39 is 12.0 Å². The zero-order valence-corrected chi connectivity index (χ0v) is 12.7. The van der Waals surface area contributed by atoms with Crippen molar-refractivity contribution in [1.82, 2.24) is 4.98 Å². The van der Waals surface area contributed by atoms with Crippen LogP contribution in [0.3, 0.4) is 0 Å². The molecule has 9 heteroatoms. The topological polar surface area (TPSA) is 80.3 Å². The van der Waals surface area contributed by atoms with E-state index in [1.165, 1.54) is 11.3 Å². The summed E-state index contributed by atoms with van der Waals surface area (Å²) in [5.41, 5.74) is 0.00457. The zero-order chi connectivity index (χ0) is 14.5. The summed E-state index contributed by atoms with van der Waals surface area (Å²) in [5.74, 6) is -0.611. The number of aromatic nitrogens is 1. The molecular formula is C11H10ClN3O3S2. The Bertz CT molecular complexity index is 612. The van der Waals surface area contributed by atoms with E-state index in [2.05, 4.69) is 15.6 Å². The largest absolute Gasteiger partial charge is 0.461 e. The Hall–Kier alpha value is -1.64. The van der Waals surface area contributed by atoms with Crippen molar-refractivity contribution in [3.63, 3.8) is 0 Å². The van der Waals surface area contributed by atoms with Crippen LogP contribution in [-0.2, 0) is 4.74 Å². The summed E-state index contributed by atoms with van der Waals surface area (Å²) in [5, 5.41) is 7.91. The lowest BCUT2D eigenvalue weighted by atomic mass is 10.5. The van der Waals surface area contributed by atoms with E-state index in [1.807, 2.05) is 11.4 Å². The maximum atomic E-state index is 11.7. The van der Waals surface area contributed by atoms with Crippen LogP contribution in [0.5, 0.6) is 0 Å². The SMILES string of the molecule is CCOC(=O)c1nc(NC(=O)Nc2cccs2)sc1Cl. The molecule has 2 aromatic rings. The number of hydrogen-bond acceptors (Lipinski definition) is 6. The van der Waals surface area contributed by atoms with Crippen molar-refractivity contribution in [2.24, 2.45) is 0 Å². The van der Waals surface area contributed by atoms with Gasteiger partial charge in [-0.2, -0.15) is 0 Å². The van der Waals surface area contributed by atoms with Crippen molar-refractivity contribution in [2.75, 3.05) is 17.2 Å². The predicted molar refractivity (Wildman–Crippen MR) is 80.0 cm³/mol. The summed E-state index contributed by atoms with van der Waals surface area (Å²) < 4.78 is 4.98. The highest BCUT2D eigenvalue weighted by molar-refractivity contribution is 7.20. The number of esters is 1. The Morgan fingerprint density at radius 2 is 2.25 bits per heavy atom. The van der Waals surface area contributed by atoms with Crippen LogP contribution in [0.1, 0.15) is 17.4 Å². The van der Waals surface area contributed by atoms with Crippen LogP contribution < -0.4 is 10.6 Å². The molecule has 0 fully saturated rings. The molecule has 6 nitrogen and oxygen atoms in total. The number of carbonyl (C=O) groups is 2. The van der Waals surface area contributed by atoms with Crippen LogP contribution >= 0.6 is 34.3 Å². The molecular weight excluding hydrogens is 322 g/mol. The van der Waals surface area contributed by atoms with Gasteiger partial charge in [0.05, 0.1) is 11.6 Å². The second-order valence-electron chi connectivity index (χ2n) is 3.42. The summed E-state index contributed by atoms with van der Waals surface area (Å²) in [6, 6.07) is 3.14. The smallest absolute Gasteiger partial charge is 0.359 e. The van der Waals surface area contributed by atoms with Crippen molar-refractivity contribution < 1.29 is 14.3 Å². The molecule has 20 heavy (non-hydrogen) atoms. The molecule has 0 saturated carbocycles. The maximum absolute atomic E-state index is 11.7. The van der Waals surface area contributed by atoms with Crippen molar-refractivity contribution in [3.05, 3.63) is 27.5 Å². The molecule has 106 valence electrons. The van der Waals surface area contributed by atoms with Gasteiger partial charge in [-0.15, -0.1) is 11.3 Å². The van der Waals surface area contributed by atoms with Gasteiger partial charge in [-0.25, -0.2) is 14.6 Å². The first-order valence-electron chi connectivity index (χ1n) is 5.55. The summed E-state index contributed by atoms with van der Waals surface area (Å²) in [4.78, 5) is 27.2. The lowest BCUT2D eigenvalue weighted by Gasteiger charge is -2.01. The monoisotopic (exact) mass is 331 g/mol. The van der Waals surface area contributed by atoms with E-state index in [1.54, 1.807) is 13.0 Å². The Labute approximate surface area is 127 Å². The highest BCUT2D eigenvalue weighted by atomic mass is 35.5. The van der Waals surface area contributed by atoms with Crippen LogP contribution in [-0.4, -0.2) is 23.6 Å². The van der Waals surface area contributed by atoms with Crippen LogP contribution in [0.15, 0.2) is 17.5 Å². The van der Waals surface area contributed by atoms with Crippen LogP contribution in [0.25, 0.3) is 0 Å². The van der Waals surface area contributed by atoms with Crippen molar-refractivity contribution in [1.29, 1.82) is 0 Å². The Morgan fingerprint density at radius 1 is 1.45 bits per heavy atom. The highest BCUT2D eigenvalue weighted by Gasteiger charge is 2.19. The van der Waals surface area contributed by atoms with Gasteiger partial charge in [-0.05, 0) is 24.4 Å². The van der Waals surface area contributed by atoms with Crippen LogP contribution in [0, 0.1) is 0 Å². The van der Waals surface area contributed by atoms with Crippen LogP contribution in [0.2, 0.25) is 4.34 Å². The number of anilines is 2. The molecule has 0 spiro atoms.